The molecule has 0 saturated carbocycles. The Morgan fingerprint density at radius 1 is 1.23 bits per heavy atom. The molecule has 0 radical (unpaired) electrons. The van der Waals surface area contributed by atoms with E-state index in [-0.39, 0.29) is 23.4 Å². The van der Waals surface area contributed by atoms with Crippen molar-refractivity contribution < 1.29 is 14.7 Å². The number of allylic oxidation sites excluding steroid dienone is 2. The molecule has 5 nitrogen and oxygen atoms in total. The topological polar surface area (TPSA) is 70.5 Å². The van der Waals surface area contributed by atoms with Crippen molar-refractivity contribution in [3.63, 3.8) is 0 Å². The van der Waals surface area contributed by atoms with Crippen LogP contribution in [0.3, 0.4) is 0 Å². The first-order chi connectivity index (χ1) is 10.6. The number of carbonyl (C=O) groups excluding carboxylic acids is 1. The second-order valence-electron chi connectivity index (χ2n) is 5.96. The molecule has 0 spiro atoms. The van der Waals surface area contributed by atoms with Gasteiger partial charge < -0.3 is 10.0 Å². The lowest BCUT2D eigenvalue weighted by molar-refractivity contribution is -0.136. The second kappa shape index (κ2) is 6.60. The lowest BCUT2D eigenvalue weighted by Gasteiger charge is -2.34. The lowest BCUT2D eigenvalue weighted by Crippen LogP contribution is -2.41. The van der Waals surface area contributed by atoms with Crippen LogP contribution in [-0.2, 0) is 4.79 Å². The largest absolute Gasteiger partial charge is 0.476 e. The zero-order chi connectivity index (χ0) is 15.5. The number of amides is 1. The summed E-state index contributed by atoms with van der Waals surface area (Å²) in [5.74, 6) is -0.248. The van der Waals surface area contributed by atoms with E-state index in [2.05, 4.69) is 17.1 Å². The maximum absolute atomic E-state index is 12.5. The number of aromatic carboxylic acids is 1. The third kappa shape index (κ3) is 3.21. The number of hydrogen-bond donors (Lipinski definition) is 1. The Kier molecular flexibility index (Phi) is 4.57. The standard InChI is InChI=1S/C16H20N2O3S/c19-15(12-4-2-1-3-5-12)18-8-6-11(7-9-18)14-17-13(10-22-14)16(20)21/h1-2,10-12H,3-9H2,(H,20,21)/t12-/m0/s1. The van der Waals surface area contributed by atoms with E-state index in [0.717, 1.165) is 50.2 Å². The lowest BCUT2D eigenvalue weighted by atomic mass is 9.91. The number of rotatable bonds is 3. The van der Waals surface area contributed by atoms with Gasteiger partial charge in [-0.25, -0.2) is 9.78 Å². The van der Waals surface area contributed by atoms with E-state index in [1.807, 2.05) is 4.90 Å². The van der Waals surface area contributed by atoms with Crippen LogP contribution in [0, 0.1) is 5.92 Å². The molecular weight excluding hydrogens is 300 g/mol. The molecule has 2 heterocycles. The van der Waals surface area contributed by atoms with Crippen LogP contribution in [-0.4, -0.2) is 40.0 Å². The molecule has 0 unspecified atom stereocenters. The molecule has 118 valence electrons. The molecule has 6 heteroatoms. The van der Waals surface area contributed by atoms with Gasteiger partial charge in [0.05, 0.1) is 5.01 Å². The molecule has 1 aromatic heterocycles. The maximum atomic E-state index is 12.5. The van der Waals surface area contributed by atoms with E-state index in [9.17, 15) is 9.59 Å². The smallest absolute Gasteiger partial charge is 0.355 e. The molecule has 1 fully saturated rings. The van der Waals surface area contributed by atoms with Crippen molar-refractivity contribution in [2.75, 3.05) is 13.1 Å². The van der Waals surface area contributed by atoms with Crippen LogP contribution in [0.2, 0.25) is 0 Å². The van der Waals surface area contributed by atoms with Crippen LogP contribution in [0.25, 0.3) is 0 Å². The molecule has 2 aliphatic rings. The Hall–Kier alpha value is -1.69. The van der Waals surface area contributed by atoms with Crippen LogP contribution in [0.15, 0.2) is 17.5 Å². The summed E-state index contributed by atoms with van der Waals surface area (Å²) in [6.45, 7) is 1.51. The highest BCUT2D eigenvalue weighted by molar-refractivity contribution is 7.09. The molecule has 0 bridgehead atoms. The zero-order valence-electron chi connectivity index (χ0n) is 12.4. The van der Waals surface area contributed by atoms with Crippen LogP contribution in [0.1, 0.15) is 53.5 Å². The number of likely N-dealkylation sites (tertiary alicyclic amines) is 1. The fourth-order valence-corrected chi connectivity index (χ4v) is 4.16. The normalized spacial score (nSPS) is 22.7. The molecular formula is C16H20N2O3S. The molecule has 1 saturated heterocycles. The highest BCUT2D eigenvalue weighted by atomic mass is 32.1. The number of piperidine rings is 1. The van der Waals surface area contributed by atoms with Gasteiger partial charge in [0.15, 0.2) is 5.69 Å². The minimum Gasteiger partial charge on any atom is -0.476 e. The second-order valence-corrected chi connectivity index (χ2v) is 6.85. The minimum absolute atomic E-state index is 0.132. The number of carboxylic acid groups (broad SMARTS) is 1. The fraction of sp³-hybridized carbons (Fsp3) is 0.562. The van der Waals surface area contributed by atoms with Gasteiger partial charge in [-0.05, 0) is 32.1 Å². The summed E-state index contributed by atoms with van der Waals surface area (Å²) >= 11 is 1.42. The number of nitrogens with zero attached hydrogens (tertiary/aromatic N) is 2. The molecule has 22 heavy (non-hydrogen) atoms. The average molecular weight is 320 g/mol. The first-order valence-corrected chi connectivity index (χ1v) is 8.65. The summed E-state index contributed by atoms with van der Waals surface area (Å²) in [4.78, 5) is 29.6. The van der Waals surface area contributed by atoms with Crippen LogP contribution in [0.5, 0.6) is 0 Å². The molecule has 1 N–H and O–H groups in total. The van der Waals surface area contributed by atoms with Gasteiger partial charge in [0, 0.05) is 30.3 Å². The first kappa shape index (κ1) is 15.2. The Labute approximate surface area is 133 Å². The summed E-state index contributed by atoms with van der Waals surface area (Å²) in [7, 11) is 0. The summed E-state index contributed by atoms with van der Waals surface area (Å²) in [5, 5.41) is 11.4. The van der Waals surface area contributed by atoms with Crippen molar-refractivity contribution >= 4 is 23.2 Å². The predicted molar refractivity (Wildman–Crippen MR) is 84.1 cm³/mol. The molecule has 1 aromatic rings. The number of hydrogen-bond acceptors (Lipinski definition) is 4. The Bertz CT molecular complexity index is 588. The van der Waals surface area contributed by atoms with Crippen molar-refractivity contribution in [2.24, 2.45) is 5.92 Å². The highest BCUT2D eigenvalue weighted by Gasteiger charge is 2.29. The Balaban J connectivity index is 1.56. The molecule has 1 aliphatic heterocycles. The van der Waals surface area contributed by atoms with Crippen LogP contribution < -0.4 is 0 Å². The van der Waals surface area contributed by atoms with Gasteiger partial charge in [-0.15, -0.1) is 11.3 Å². The number of aromatic nitrogens is 1. The summed E-state index contributed by atoms with van der Waals surface area (Å²) in [6, 6.07) is 0. The first-order valence-electron chi connectivity index (χ1n) is 7.77. The van der Waals surface area contributed by atoms with Crippen LogP contribution >= 0.6 is 11.3 Å². The van der Waals surface area contributed by atoms with Gasteiger partial charge in [-0.1, -0.05) is 12.2 Å². The SMILES string of the molecule is O=C(O)c1csc(C2CCN(C(=O)[C@H]3CC=CCC3)CC2)n1. The van der Waals surface area contributed by atoms with Crippen molar-refractivity contribution in [2.45, 2.75) is 38.0 Å². The predicted octanol–water partition coefficient (Wildman–Crippen LogP) is 2.90. The van der Waals surface area contributed by atoms with Gasteiger partial charge in [0.2, 0.25) is 5.91 Å². The number of carbonyl (C=O) groups is 2. The van der Waals surface area contributed by atoms with E-state index in [4.69, 9.17) is 5.11 Å². The van der Waals surface area contributed by atoms with Crippen molar-refractivity contribution in [1.29, 1.82) is 0 Å². The van der Waals surface area contributed by atoms with Gasteiger partial charge >= 0.3 is 5.97 Å². The summed E-state index contributed by atoms with van der Waals surface area (Å²) < 4.78 is 0. The van der Waals surface area contributed by atoms with Crippen molar-refractivity contribution in [3.05, 3.63) is 28.2 Å². The zero-order valence-corrected chi connectivity index (χ0v) is 13.2. The van der Waals surface area contributed by atoms with Crippen molar-refractivity contribution in [3.8, 4) is 0 Å². The van der Waals surface area contributed by atoms with Gasteiger partial charge in [0.1, 0.15) is 0 Å². The van der Waals surface area contributed by atoms with Crippen LogP contribution in [0.4, 0.5) is 0 Å². The minimum atomic E-state index is -0.972. The molecule has 1 aliphatic carbocycles. The van der Waals surface area contributed by atoms with E-state index in [1.54, 1.807) is 5.38 Å². The summed E-state index contributed by atoms with van der Waals surface area (Å²) in [6.07, 6.45) is 8.85. The third-order valence-corrected chi connectivity index (χ3v) is 5.52. The van der Waals surface area contributed by atoms with E-state index < -0.39 is 5.97 Å². The third-order valence-electron chi connectivity index (χ3n) is 4.52. The highest BCUT2D eigenvalue weighted by Crippen LogP contribution is 2.31. The molecule has 0 aromatic carbocycles. The van der Waals surface area contributed by atoms with Crippen molar-refractivity contribution in [1.82, 2.24) is 9.88 Å². The quantitative estimate of drug-likeness (QED) is 0.869. The average Bonchev–Trinajstić information content (AvgIpc) is 3.05. The van der Waals surface area contributed by atoms with E-state index >= 15 is 0 Å². The van der Waals surface area contributed by atoms with Gasteiger partial charge in [-0.3, -0.25) is 4.79 Å². The number of thiazole rings is 1. The van der Waals surface area contributed by atoms with E-state index in [1.165, 1.54) is 11.3 Å². The Morgan fingerprint density at radius 2 is 2.00 bits per heavy atom. The van der Waals surface area contributed by atoms with E-state index in [0.29, 0.717) is 0 Å². The van der Waals surface area contributed by atoms with Gasteiger partial charge in [0.25, 0.3) is 0 Å². The summed E-state index contributed by atoms with van der Waals surface area (Å²) in [5.41, 5.74) is 0.132. The maximum Gasteiger partial charge on any atom is 0.355 e. The monoisotopic (exact) mass is 320 g/mol. The number of carboxylic acids is 1. The molecule has 1 atom stereocenters. The molecule has 3 rings (SSSR count). The Morgan fingerprint density at radius 3 is 2.59 bits per heavy atom. The fourth-order valence-electron chi connectivity index (χ4n) is 3.20. The molecule has 1 amide bonds. The van der Waals surface area contributed by atoms with Gasteiger partial charge in [-0.2, -0.15) is 0 Å².